The van der Waals surface area contributed by atoms with E-state index in [1.807, 2.05) is 0 Å². The number of carbonyl (C=O) groups excluding carboxylic acids is 2. The maximum atomic E-state index is 11.1. The number of nitrogens with one attached hydrogen (secondary N) is 1. The number of amides is 1. The molecule has 0 spiro atoms. The molecule has 0 aromatic heterocycles. The molecule has 0 unspecified atom stereocenters. The maximum absolute atomic E-state index is 11.1. The Kier molecular flexibility index (Phi) is 3.71. The summed E-state index contributed by atoms with van der Waals surface area (Å²) in [5.41, 5.74) is 2.47. The van der Waals surface area contributed by atoms with Crippen molar-refractivity contribution in [2.24, 2.45) is 0 Å². The van der Waals surface area contributed by atoms with Gasteiger partial charge in [-0.25, -0.2) is 5.01 Å². The largest absolute Gasteiger partial charge is 0.291 e. The third-order valence-electron chi connectivity index (χ3n) is 1.51. The van der Waals surface area contributed by atoms with Crippen LogP contribution in [0.15, 0.2) is 10.1 Å². The molecular formula is C7H7Cl2N2O2. The van der Waals surface area contributed by atoms with E-state index in [0.717, 1.165) is 0 Å². The van der Waals surface area contributed by atoms with Crippen LogP contribution >= 0.6 is 23.2 Å². The highest BCUT2D eigenvalue weighted by molar-refractivity contribution is 6.48. The van der Waals surface area contributed by atoms with Gasteiger partial charge in [0.05, 0.1) is 11.6 Å². The molecule has 1 aliphatic rings. The molecule has 0 bridgehead atoms. The Hall–Kier alpha value is -0.580. The molecule has 1 heterocycles. The van der Waals surface area contributed by atoms with Crippen molar-refractivity contribution in [3.05, 3.63) is 10.1 Å². The van der Waals surface area contributed by atoms with E-state index in [2.05, 4.69) is 5.43 Å². The second kappa shape index (κ2) is 4.60. The molecule has 0 aromatic rings. The minimum Gasteiger partial charge on any atom is -0.291 e. The normalized spacial score (nSPS) is 18.8. The van der Waals surface area contributed by atoms with Crippen LogP contribution in [-0.4, -0.2) is 30.3 Å². The third-order valence-corrected chi connectivity index (χ3v) is 2.32. The lowest BCUT2D eigenvalue weighted by Crippen LogP contribution is -2.47. The van der Waals surface area contributed by atoms with Gasteiger partial charge in [-0.2, -0.15) is 0 Å². The predicted molar refractivity (Wildman–Crippen MR) is 48.8 cm³/mol. The van der Waals surface area contributed by atoms with Crippen LogP contribution in [0.3, 0.4) is 0 Å². The van der Waals surface area contributed by atoms with Gasteiger partial charge in [-0.3, -0.25) is 15.0 Å². The fourth-order valence-electron chi connectivity index (χ4n) is 0.908. The van der Waals surface area contributed by atoms with Gasteiger partial charge in [0.2, 0.25) is 0 Å². The number of hydrogen-bond acceptors (Lipinski definition) is 3. The number of hydrogen-bond donors (Lipinski definition) is 1. The topological polar surface area (TPSA) is 49.4 Å². The predicted octanol–water partition coefficient (Wildman–Crippen LogP) is 0.522. The van der Waals surface area contributed by atoms with E-state index < -0.39 is 5.91 Å². The van der Waals surface area contributed by atoms with Gasteiger partial charge in [-0.05, 0) is 0 Å². The van der Waals surface area contributed by atoms with Gasteiger partial charge in [0.15, 0.2) is 6.29 Å². The molecule has 4 nitrogen and oxygen atoms in total. The zero-order chi connectivity index (χ0) is 9.84. The average Bonchev–Trinajstić information content (AvgIpc) is 2.10. The highest BCUT2D eigenvalue weighted by Crippen LogP contribution is 2.18. The quantitative estimate of drug-likeness (QED) is 0.757. The molecule has 1 radical (unpaired) electrons. The molecule has 13 heavy (non-hydrogen) atoms. The highest BCUT2D eigenvalue weighted by atomic mass is 35.5. The van der Waals surface area contributed by atoms with Crippen LogP contribution in [0, 0.1) is 0 Å². The average molecular weight is 222 g/mol. The van der Waals surface area contributed by atoms with Crippen molar-refractivity contribution in [1.29, 1.82) is 0 Å². The first kappa shape index (κ1) is 10.5. The molecular weight excluding hydrogens is 215 g/mol. The minimum absolute atomic E-state index is 0.00741. The first-order valence-electron chi connectivity index (χ1n) is 3.60. The standard InChI is InChI=1S/C7H7Cl2N2O2/c8-5-4-11(2-1-3-12)10-7(13)6(5)9/h1-2,4H2,(H,10,13). The summed E-state index contributed by atoms with van der Waals surface area (Å²) >= 11 is 11.2. The highest BCUT2D eigenvalue weighted by Gasteiger charge is 2.22. The van der Waals surface area contributed by atoms with Crippen LogP contribution in [0.1, 0.15) is 6.42 Å². The summed E-state index contributed by atoms with van der Waals surface area (Å²) in [4.78, 5) is 21.0. The molecule has 0 aliphatic carbocycles. The minimum atomic E-state index is -0.441. The zero-order valence-corrected chi connectivity index (χ0v) is 8.15. The smallest absolute Gasteiger partial charge is 0.278 e. The van der Waals surface area contributed by atoms with E-state index in [-0.39, 0.29) is 16.5 Å². The van der Waals surface area contributed by atoms with Gasteiger partial charge in [-0.15, -0.1) is 0 Å². The number of nitrogens with zero attached hydrogens (tertiary/aromatic N) is 1. The van der Waals surface area contributed by atoms with E-state index in [9.17, 15) is 9.59 Å². The Morgan fingerprint density at radius 2 is 2.23 bits per heavy atom. The van der Waals surface area contributed by atoms with Crippen molar-refractivity contribution in [3.8, 4) is 0 Å². The fraction of sp³-hybridized carbons (Fsp3) is 0.429. The van der Waals surface area contributed by atoms with Crippen LogP contribution < -0.4 is 5.43 Å². The summed E-state index contributed by atoms with van der Waals surface area (Å²) in [6.07, 6.45) is 1.95. The van der Waals surface area contributed by atoms with Gasteiger partial charge in [0.25, 0.3) is 5.91 Å². The number of halogens is 2. The van der Waals surface area contributed by atoms with Gasteiger partial charge in [-0.1, -0.05) is 23.2 Å². The number of rotatable bonds is 3. The Balaban J connectivity index is 2.57. The lowest BCUT2D eigenvalue weighted by atomic mass is 10.3. The molecule has 0 aromatic carbocycles. The summed E-state index contributed by atoms with van der Waals surface area (Å²) in [7, 11) is 0. The molecule has 1 amide bonds. The molecule has 71 valence electrons. The molecule has 0 saturated carbocycles. The summed E-state index contributed by atoms with van der Waals surface area (Å²) in [6.45, 7) is 0.712. The van der Waals surface area contributed by atoms with Crippen molar-refractivity contribution in [1.82, 2.24) is 10.4 Å². The van der Waals surface area contributed by atoms with E-state index >= 15 is 0 Å². The molecule has 1 aliphatic heterocycles. The first-order chi connectivity index (χ1) is 6.15. The molecule has 0 fully saturated rings. The van der Waals surface area contributed by atoms with Crippen molar-refractivity contribution >= 4 is 35.4 Å². The van der Waals surface area contributed by atoms with Crippen LogP contribution in [0.2, 0.25) is 0 Å². The molecule has 1 N–H and O–H groups in total. The Morgan fingerprint density at radius 1 is 1.54 bits per heavy atom. The molecule has 1 rings (SSSR count). The van der Waals surface area contributed by atoms with Gasteiger partial charge >= 0.3 is 0 Å². The lowest BCUT2D eigenvalue weighted by molar-refractivity contribution is -0.122. The Morgan fingerprint density at radius 3 is 2.77 bits per heavy atom. The van der Waals surface area contributed by atoms with Crippen LogP contribution in [-0.2, 0) is 9.59 Å². The van der Waals surface area contributed by atoms with Crippen LogP contribution in [0.4, 0.5) is 0 Å². The number of carbonyl (C=O) groups is 1. The van der Waals surface area contributed by atoms with E-state index in [1.54, 1.807) is 6.29 Å². The van der Waals surface area contributed by atoms with Gasteiger partial charge in [0, 0.05) is 13.0 Å². The fourth-order valence-corrected chi connectivity index (χ4v) is 1.24. The maximum Gasteiger partial charge on any atom is 0.278 e. The second-order valence-electron chi connectivity index (χ2n) is 2.48. The van der Waals surface area contributed by atoms with Gasteiger partial charge in [0.1, 0.15) is 5.03 Å². The molecule has 0 saturated heterocycles. The summed E-state index contributed by atoms with van der Waals surface area (Å²) in [6, 6.07) is 0. The molecule has 6 heteroatoms. The molecule has 0 atom stereocenters. The number of hydrazine groups is 1. The second-order valence-corrected chi connectivity index (χ2v) is 3.31. The Bertz CT molecular complexity index is 265. The Labute approximate surface area is 85.4 Å². The zero-order valence-electron chi connectivity index (χ0n) is 6.64. The monoisotopic (exact) mass is 221 g/mol. The SMILES string of the molecule is O=[C]CCN1CC(Cl)=C(Cl)C(=O)N1. The van der Waals surface area contributed by atoms with Crippen molar-refractivity contribution in [2.45, 2.75) is 6.42 Å². The van der Waals surface area contributed by atoms with E-state index in [4.69, 9.17) is 23.2 Å². The van der Waals surface area contributed by atoms with Gasteiger partial charge < -0.3 is 0 Å². The third kappa shape index (κ3) is 2.69. The summed E-state index contributed by atoms with van der Waals surface area (Å²) in [5, 5.41) is 1.81. The van der Waals surface area contributed by atoms with Crippen molar-refractivity contribution in [2.75, 3.05) is 13.1 Å². The van der Waals surface area contributed by atoms with Crippen LogP contribution in [0.25, 0.3) is 0 Å². The van der Waals surface area contributed by atoms with E-state index in [0.29, 0.717) is 13.1 Å². The van der Waals surface area contributed by atoms with Crippen LogP contribution in [0.5, 0.6) is 0 Å². The van der Waals surface area contributed by atoms with Crippen molar-refractivity contribution < 1.29 is 9.59 Å². The summed E-state index contributed by atoms with van der Waals surface area (Å²) in [5.74, 6) is -0.441. The van der Waals surface area contributed by atoms with Crippen molar-refractivity contribution in [3.63, 3.8) is 0 Å². The lowest BCUT2D eigenvalue weighted by Gasteiger charge is -2.26. The first-order valence-corrected chi connectivity index (χ1v) is 4.36. The van der Waals surface area contributed by atoms with E-state index in [1.165, 1.54) is 5.01 Å². The summed E-state index contributed by atoms with van der Waals surface area (Å²) < 4.78 is 0.